The number of rotatable bonds is 1. The minimum absolute atomic E-state index is 0.0190. The Balaban J connectivity index is 2.64. The number of hydrogen-bond donors (Lipinski definition) is 0. The summed E-state index contributed by atoms with van der Waals surface area (Å²) < 4.78 is 26.6. The van der Waals surface area contributed by atoms with Gasteiger partial charge in [0.2, 0.25) is 0 Å². The van der Waals surface area contributed by atoms with E-state index >= 15 is 0 Å². The van der Waals surface area contributed by atoms with E-state index in [2.05, 4.69) is 0 Å². The summed E-state index contributed by atoms with van der Waals surface area (Å²) in [7, 11) is 0. The van der Waals surface area contributed by atoms with Crippen molar-refractivity contribution in [1.82, 2.24) is 4.90 Å². The number of hydrogen-bond acceptors (Lipinski definition) is 1. The summed E-state index contributed by atoms with van der Waals surface area (Å²) in [5, 5.41) is 0. The Morgan fingerprint density at radius 1 is 1.42 bits per heavy atom. The largest absolute Gasteiger partial charge is 0.305 e. The second-order valence-corrected chi connectivity index (χ2v) is 4.05. The van der Waals surface area contributed by atoms with Gasteiger partial charge in [-0.25, -0.2) is 4.90 Å². The van der Waals surface area contributed by atoms with Gasteiger partial charge in [0.25, 0.3) is 0 Å². The second kappa shape index (κ2) is 3.29. The highest BCUT2D eigenvalue weighted by molar-refractivity contribution is 4.81. The SMILES string of the molecule is CC(C)N1CC[C@H](C)CC1(F)F. The molecule has 0 bridgehead atoms. The van der Waals surface area contributed by atoms with Crippen molar-refractivity contribution in [1.29, 1.82) is 0 Å². The Labute approximate surface area is 72.7 Å². The molecule has 0 amide bonds. The zero-order valence-electron chi connectivity index (χ0n) is 7.98. The lowest BCUT2D eigenvalue weighted by molar-refractivity contribution is -0.190. The molecule has 1 aliphatic rings. The van der Waals surface area contributed by atoms with Gasteiger partial charge in [-0.2, -0.15) is 8.78 Å². The van der Waals surface area contributed by atoms with Crippen molar-refractivity contribution in [2.75, 3.05) is 6.54 Å². The molecule has 0 aromatic rings. The standard InChI is InChI=1S/C9H17F2N/c1-7(2)12-5-4-8(3)6-9(12,10)11/h7-8H,4-6H2,1-3H3/t8-/m0/s1. The van der Waals surface area contributed by atoms with E-state index in [0.717, 1.165) is 6.42 Å². The van der Waals surface area contributed by atoms with Crippen LogP contribution in [0.3, 0.4) is 0 Å². The van der Waals surface area contributed by atoms with Crippen LogP contribution in [0.2, 0.25) is 0 Å². The van der Waals surface area contributed by atoms with E-state index in [1.54, 1.807) is 0 Å². The molecule has 0 aromatic carbocycles. The highest BCUT2D eigenvalue weighted by Gasteiger charge is 2.42. The molecule has 3 heteroatoms. The van der Waals surface area contributed by atoms with Crippen LogP contribution >= 0.6 is 0 Å². The van der Waals surface area contributed by atoms with Gasteiger partial charge in [0, 0.05) is 19.0 Å². The highest BCUT2D eigenvalue weighted by Crippen LogP contribution is 2.35. The molecular weight excluding hydrogens is 160 g/mol. The Bertz CT molecular complexity index is 157. The van der Waals surface area contributed by atoms with Gasteiger partial charge < -0.3 is 0 Å². The maximum atomic E-state index is 13.3. The van der Waals surface area contributed by atoms with Gasteiger partial charge in [0.1, 0.15) is 0 Å². The van der Waals surface area contributed by atoms with E-state index in [1.807, 2.05) is 20.8 Å². The first kappa shape index (κ1) is 9.90. The van der Waals surface area contributed by atoms with E-state index in [9.17, 15) is 8.78 Å². The Hall–Kier alpha value is -0.180. The van der Waals surface area contributed by atoms with Crippen molar-refractivity contribution in [3.05, 3.63) is 0 Å². The van der Waals surface area contributed by atoms with E-state index in [-0.39, 0.29) is 18.4 Å². The maximum absolute atomic E-state index is 13.3. The van der Waals surface area contributed by atoms with Crippen LogP contribution in [0, 0.1) is 5.92 Å². The quantitative estimate of drug-likeness (QED) is 0.557. The van der Waals surface area contributed by atoms with E-state index in [4.69, 9.17) is 0 Å². The summed E-state index contributed by atoms with van der Waals surface area (Å²) in [6.07, 6.45) is 0.916. The number of halogens is 2. The molecule has 0 radical (unpaired) electrons. The number of alkyl halides is 2. The fraction of sp³-hybridized carbons (Fsp3) is 1.00. The molecule has 0 saturated carbocycles. The van der Waals surface area contributed by atoms with Crippen LogP contribution in [0.1, 0.15) is 33.6 Å². The summed E-state index contributed by atoms with van der Waals surface area (Å²) >= 11 is 0. The zero-order chi connectivity index (χ0) is 9.35. The first-order chi connectivity index (χ1) is 5.43. The van der Waals surface area contributed by atoms with Crippen LogP contribution < -0.4 is 0 Å². The summed E-state index contributed by atoms with van der Waals surface area (Å²) in [6, 6.07) is -2.63. The van der Waals surface area contributed by atoms with Crippen LogP contribution in [0.15, 0.2) is 0 Å². The molecule has 0 spiro atoms. The minimum atomic E-state index is -2.58. The van der Waals surface area contributed by atoms with Gasteiger partial charge in [0.05, 0.1) is 0 Å². The van der Waals surface area contributed by atoms with Crippen LogP contribution in [0.4, 0.5) is 8.78 Å². The number of likely N-dealkylation sites (tertiary alicyclic amines) is 1. The molecule has 0 aliphatic carbocycles. The van der Waals surface area contributed by atoms with Crippen molar-refractivity contribution < 1.29 is 8.78 Å². The lowest BCUT2D eigenvalue weighted by Gasteiger charge is -2.40. The molecule has 1 fully saturated rings. The molecule has 1 nitrogen and oxygen atoms in total. The first-order valence-corrected chi connectivity index (χ1v) is 4.58. The van der Waals surface area contributed by atoms with Crippen molar-refractivity contribution in [3.63, 3.8) is 0 Å². The highest BCUT2D eigenvalue weighted by atomic mass is 19.3. The fourth-order valence-electron chi connectivity index (χ4n) is 1.80. The van der Waals surface area contributed by atoms with Crippen LogP contribution in [0.25, 0.3) is 0 Å². The van der Waals surface area contributed by atoms with Crippen molar-refractivity contribution >= 4 is 0 Å². The zero-order valence-corrected chi connectivity index (χ0v) is 7.98. The molecule has 12 heavy (non-hydrogen) atoms. The summed E-state index contributed by atoms with van der Waals surface area (Å²) in [4.78, 5) is 1.30. The fourth-order valence-corrected chi connectivity index (χ4v) is 1.80. The molecule has 72 valence electrons. The molecule has 0 N–H and O–H groups in total. The Kier molecular flexibility index (Phi) is 2.71. The predicted molar refractivity (Wildman–Crippen MR) is 45.2 cm³/mol. The van der Waals surface area contributed by atoms with Gasteiger partial charge in [0.15, 0.2) is 0 Å². The predicted octanol–water partition coefficient (Wildman–Crippen LogP) is 2.72. The van der Waals surface area contributed by atoms with Gasteiger partial charge in [-0.3, -0.25) is 0 Å². The van der Waals surface area contributed by atoms with Gasteiger partial charge >= 0.3 is 6.05 Å². The third-order valence-corrected chi connectivity index (χ3v) is 2.50. The number of piperidine rings is 1. The topological polar surface area (TPSA) is 3.24 Å². The molecule has 1 aliphatic heterocycles. The van der Waals surface area contributed by atoms with Crippen molar-refractivity contribution in [2.45, 2.75) is 45.7 Å². The average molecular weight is 177 g/mol. The number of nitrogens with zero attached hydrogens (tertiary/aromatic N) is 1. The Morgan fingerprint density at radius 3 is 2.42 bits per heavy atom. The van der Waals surface area contributed by atoms with E-state index in [0.29, 0.717) is 6.54 Å². The summed E-state index contributed by atoms with van der Waals surface area (Å²) in [5.74, 6) is 0.162. The van der Waals surface area contributed by atoms with Crippen molar-refractivity contribution in [3.8, 4) is 0 Å². The third kappa shape index (κ3) is 1.94. The molecule has 0 aromatic heterocycles. The average Bonchev–Trinajstić information content (AvgIpc) is 1.82. The maximum Gasteiger partial charge on any atom is 0.305 e. The van der Waals surface area contributed by atoms with Gasteiger partial charge in [-0.05, 0) is 26.2 Å². The van der Waals surface area contributed by atoms with Crippen LogP contribution in [-0.2, 0) is 0 Å². The first-order valence-electron chi connectivity index (χ1n) is 4.58. The smallest absolute Gasteiger partial charge is 0.242 e. The van der Waals surface area contributed by atoms with Crippen molar-refractivity contribution in [2.24, 2.45) is 5.92 Å². The summed E-state index contributed by atoms with van der Waals surface area (Å²) in [6.45, 7) is 6.07. The molecule has 1 atom stereocenters. The Morgan fingerprint density at radius 2 is 2.00 bits per heavy atom. The lowest BCUT2D eigenvalue weighted by atomic mass is 9.96. The molecule has 1 heterocycles. The molecular formula is C9H17F2N. The van der Waals surface area contributed by atoms with Gasteiger partial charge in [-0.1, -0.05) is 6.92 Å². The summed E-state index contributed by atoms with van der Waals surface area (Å²) in [5.41, 5.74) is 0. The van der Waals surface area contributed by atoms with E-state index < -0.39 is 6.05 Å². The molecule has 1 rings (SSSR count). The minimum Gasteiger partial charge on any atom is -0.242 e. The normalized spacial score (nSPS) is 31.0. The molecule has 1 saturated heterocycles. The molecule has 0 unspecified atom stereocenters. The third-order valence-electron chi connectivity index (χ3n) is 2.50. The van der Waals surface area contributed by atoms with Crippen LogP contribution in [-0.4, -0.2) is 23.5 Å². The second-order valence-electron chi connectivity index (χ2n) is 4.05. The monoisotopic (exact) mass is 177 g/mol. The lowest BCUT2D eigenvalue weighted by Crippen LogP contribution is -2.50. The van der Waals surface area contributed by atoms with E-state index in [1.165, 1.54) is 4.90 Å². The van der Waals surface area contributed by atoms with Gasteiger partial charge in [-0.15, -0.1) is 0 Å². The van der Waals surface area contributed by atoms with Crippen LogP contribution in [0.5, 0.6) is 0 Å².